The van der Waals surface area contributed by atoms with Crippen LogP contribution in [0.2, 0.25) is 5.02 Å². The summed E-state index contributed by atoms with van der Waals surface area (Å²) in [5.41, 5.74) is 7.80. The van der Waals surface area contributed by atoms with Gasteiger partial charge in [-0.25, -0.2) is 0 Å². The lowest BCUT2D eigenvalue weighted by Crippen LogP contribution is -2.43. The van der Waals surface area contributed by atoms with Crippen LogP contribution in [0.4, 0.5) is 17.5 Å². The van der Waals surface area contributed by atoms with Gasteiger partial charge in [-0.3, -0.25) is 0 Å². The number of aromatic nitrogens is 3. The molecule has 124 valence electrons. The second-order valence-electron chi connectivity index (χ2n) is 6.09. The molecule has 0 saturated carbocycles. The second kappa shape index (κ2) is 6.30. The van der Waals surface area contributed by atoms with Crippen LogP contribution in [0.1, 0.15) is 12.8 Å². The molecule has 6 nitrogen and oxygen atoms in total. The summed E-state index contributed by atoms with van der Waals surface area (Å²) in [6.07, 6.45) is 4.02. The van der Waals surface area contributed by atoms with Crippen LogP contribution < -0.4 is 16.0 Å². The summed E-state index contributed by atoms with van der Waals surface area (Å²) in [7, 11) is 0. The third-order valence-corrected chi connectivity index (χ3v) is 4.47. The first-order valence-corrected chi connectivity index (χ1v) is 8.45. The molecule has 7 heteroatoms. The monoisotopic (exact) mass is 342 g/mol. The first-order valence-electron chi connectivity index (χ1n) is 8.07. The molecule has 3 heterocycles. The highest BCUT2D eigenvalue weighted by atomic mass is 35.5. The molecule has 3 aromatic rings. The average Bonchev–Trinajstić information content (AvgIpc) is 3.02. The number of hydrogen-bond acceptors (Lipinski definition) is 5. The normalized spacial score (nSPS) is 18.1. The number of piperidine rings is 1. The summed E-state index contributed by atoms with van der Waals surface area (Å²) in [4.78, 5) is 14.7. The van der Waals surface area contributed by atoms with Crippen LogP contribution >= 0.6 is 11.6 Å². The van der Waals surface area contributed by atoms with E-state index in [2.05, 4.69) is 20.2 Å². The van der Waals surface area contributed by atoms with Crippen molar-refractivity contribution in [3.63, 3.8) is 0 Å². The van der Waals surface area contributed by atoms with E-state index in [0.717, 1.165) is 48.5 Å². The standard InChI is InChI=1S/C17H19ClN6/c18-11-3-1-5-13(9-11)21-17-22-15-14(6-7-20-15)16(23-17)24-8-2-4-12(19)10-24/h1,3,5-7,9,12H,2,4,8,10,19H2,(H2,20,21,22,23)/t12-/m1/s1. The highest BCUT2D eigenvalue weighted by molar-refractivity contribution is 6.30. The summed E-state index contributed by atoms with van der Waals surface area (Å²) >= 11 is 6.05. The molecule has 4 rings (SSSR count). The minimum absolute atomic E-state index is 0.187. The zero-order chi connectivity index (χ0) is 16.5. The number of nitrogens with one attached hydrogen (secondary N) is 2. The van der Waals surface area contributed by atoms with Crippen LogP contribution in [0, 0.1) is 0 Å². The summed E-state index contributed by atoms with van der Waals surface area (Å²) < 4.78 is 0. The molecule has 24 heavy (non-hydrogen) atoms. The minimum atomic E-state index is 0.187. The fourth-order valence-corrected chi connectivity index (χ4v) is 3.31. The van der Waals surface area contributed by atoms with Gasteiger partial charge in [-0.2, -0.15) is 9.97 Å². The van der Waals surface area contributed by atoms with Crippen molar-refractivity contribution in [3.8, 4) is 0 Å². The predicted molar refractivity (Wildman–Crippen MR) is 98.0 cm³/mol. The van der Waals surface area contributed by atoms with Gasteiger partial charge in [0.1, 0.15) is 11.5 Å². The molecule has 4 N–H and O–H groups in total. The highest BCUT2D eigenvalue weighted by Gasteiger charge is 2.21. The van der Waals surface area contributed by atoms with E-state index >= 15 is 0 Å². The fourth-order valence-electron chi connectivity index (χ4n) is 3.12. The molecule has 1 fully saturated rings. The summed E-state index contributed by atoms with van der Waals surface area (Å²) in [6.45, 7) is 1.77. The molecule has 1 aliphatic heterocycles. The molecule has 2 aromatic heterocycles. The van der Waals surface area contributed by atoms with Gasteiger partial charge in [-0.15, -0.1) is 0 Å². The van der Waals surface area contributed by atoms with Gasteiger partial charge in [0.15, 0.2) is 0 Å². The predicted octanol–water partition coefficient (Wildman–Crippen LogP) is 3.28. The fraction of sp³-hybridized carbons (Fsp3) is 0.294. The number of benzene rings is 1. The van der Waals surface area contributed by atoms with Crippen LogP contribution in [0.15, 0.2) is 36.5 Å². The zero-order valence-corrected chi connectivity index (χ0v) is 13.9. The highest BCUT2D eigenvalue weighted by Crippen LogP contribution is 2.28. The topological polar surface area (TPSA) is 82.9 Å². The number of nitrogens with two attached hydrogens (primary N) is 1. The van der Waals surface area contributed by atoms with E-state index in [1.807, 2.05) is 36.5 Å². The number of hydrogen-bond donors (Lipinski definition) is 3. The molecular formula is C17H19ClN6. The van der Waals surface area contributed by atoms with Crippen molar-refractivity contribution < 1.29 is 0 Å². The van der Waals surface area contributed by atoms with E-state index in [9.17, 15) is 0 Å². The molecule has 1 saturated heterocycles. The average molecular weight is 343 g/mol. The SMILES string of the molecule is N[C@@H]1CCCN(c2nc(Nc3cccc(Cl)c3)nc3[nH]ccc23)C1. The summed E-state index contributed by atoms with van der Waals surface area (Å²) in [5.74, 6) is 1.46. The number of halogens is 1. The number of nitrogens with zero attached hydrogens (tertiary/aromatic N) is 3. The quantitative estimate of drug-likeness (QED) is 0.680. The lowest BCUT2D eigenvalue weighted by Gasteiger charge is -2.32. The van der Waals surface area contributed by atoms with Gasteiger partial charge >= 0.3 is 0 Å². The Morgan fingerprint density at radius 3 is 3.04 bits per heavy atom. The van der Waals surface area contributed by atoms with Gasteiger partial charge < -0.3 is 20.9 Å². The molecule has 0 amide bonds. The first-order chi connectivity index (χ1) is 11.7. The van der Waals surface area contributed by atoms with Crippen molar-refractivity contribution in [1.29, 1.82) is 0 Å². The first kappa shape index (κ1) is 15.2. The smallest absolute Gasteiger partial charge is 0.231 e. The zero-order valence-electron chi connectivity index (χ0n) is 13.2. The molecule has 0 aliphatic carbocycles. The van der Waals surface area contributed by atoms with E-state index in [0.29, 0.717) is 11.0 Å². The second-order valence-corrected chi connectivity index (χ2v) is 6.53. The molecule has 0 bridgehead atoms. The Labute approximate surface area is 145 Å². The van der Waals surface area contributed by atoms with Gasteiger partial charge in [0.2, 0.25) is 5.95 Å². The van der Waals surface area contributed by atoms with Crippen LogP contribution in [0.25, 0.3) is 11.0 Å². The van der Waals surface area contributed by atoms with Gasteiger partial charge in [-0.1, -0.05) is 17.7 Å². The largest absolute Gasteiger partial charge is 0.354 e. The van der Waals surface area contributed by atoms with Crippen molar-refractivity contribution in [2.45, 2.75) is 18.9 Å². The lowest BCUT2D eigenvalue weighted by molar-refractivity contribution is 0.504. The van der Waals surface area contributed by atoms with Gasteiger partial charge in [0.05, 0.1) is 5.39 Å². The van der Waals surface area contributed by atoms with E-state index < -0.39 is 0 Å². The van der Waals surface area contributed by atoms with Gasteiger partial charge in [-0.05, 0) is 37.1 Å². The Hall–Kier alpha value is -2.31. The number of anilines is 3. The van der Waals surface area contributed by atoms with Crippen molar-refractivity contribution in [1.82, 2.24) is 15.0 Å². The van der Waals surface area contributed by atoms with Crippen LogP contribution in [-0.2, 0) is 0 Å². The van der Waals surface area contributed by atoms with Crippen LogP contribution in [0.3, 0.4) is 0 Å². The molecule has 1 aromatic carbocycles. The van der Waals surface area contributed by atoms with Crippen molar-refractivity contribution in [3.05, 3.63) is 41.6 Å². The van der Waals surface area contributed by atoms with Crippen molar-refractivity contribution in [2.24, 2.45) is 5.73 Å². The summed E-state index contributed by atoms with van der Waals surface area (Å²) in [5, 5.41) is 4.92. The van der Waals surface area contributed by atoms with Crippen LogP contribution in [0.5, 0.6) is 0 Å². The molecule has 1 atom stereocenters. The maximum atomic E-state index is 6.14. The maximum absolute atomic E-state index is 6.14. The summed E-state index contributed by atoms with van der Waals surface area (Å²) in [6, 6.07) is 9.70. The maximum Gasteiger partial charge on any atom is 0.231 e. The molecule has 0 radical (unpaired) electrons. The van der Waals surface area contributed by atoms with E-state index in [-0.39, 0.29) is 6.04 Å². The van der Waals surface area contributed by atoms with Gasteiger partial charge in [0, 0.05) is 36.0 Å². The third kappa shape index (κ3) is 3.02. The van der Waals surface area contributed by atoms with Crippen molar-refractivity contribution >= 4 is 40.1 Å². The molecule has 0 unspecified atom stereocenters. The van der Waals surface area contributed by atoms with E-state index in [1.54, 1.807) is 0 Å². The van der Waals surface area contributed by atoms with Crippen molar-refractivity contribution in [2.75, 3.05) is 23.3 Å². The van der Waals surface area contributed by atoms with Crippen LogP contribution in [-0.4, -0.2) is 34.1 Å². The number of fused-ring (bicyclic) bond motifs is 1. The van der Waals surface area contributed by atoms with E-state index in [1.165, 1.54) is 0 Å². The number of aromatic amines is 1. The number of rotatable bonds is 3. The van der Waals surface area contributed by atoms with Gasteiger partial charge in [0.25, 0.3) is 0 Å². The Kier molecular flexibility index (Phi) is 4.00. The Morgan fingerprint density at radius 1 is 1.29 bits per heavy atom. The Balaban J connectivity index is 1.72. The molecule has 0 spiro atoms. The number of H-pyrrole nitrogens is 1. The minimum Gasteiger partial charge on any atom is -0.354 e. The van der Waals surface area contributed by atoms with E-state index in [4.69, 9.17) is 22.3 Å². The molecular weight excluding hydrogens is 324 g/mol. The Bertz CT molecular complexity index is 861. The third-order valence-electron chi connectivity index (χ3n) is 4.23. The lowest BCUT2D eigenvalue weighted by atomic mass is 10.1. The Morgan fingerprint density at radius 2 is 2.21 bits per heavy atom. The molecule has 1 aliphatic rings.